The number of hydrogen-bond donors (Lipinski definition) is 3. The van der Waals surface area contributed by atoms with Gasteiger partial charge in [0, 0.05) is 38.2 Å². The third-order valence-electron chi connectivity index (χ3n) is 6.50. The molecule has 2 aliphatic heterocycles. The Kier molecular flexibility index (Phi) is 6.79. The first-order valence-corrected chi connectivity index (χ1v) is 12.2. The molecular weight excluding hydrogens is 477 g/mol. The van der Waals surface area contributed by atoms with Gasteiger partial charge in [-0.05, 0) is 69.0 Å². The fraction of sp³-hybridized carbons (Fsp3) is 0.385. The van der Waals surface area contributed by atoms with Gasteiger partial charge in [-0.1, -0.05) is 0 Å². The van der Waals surface area contributed by atoms with Crippen LogP contribution >= 0.6 is 0 Å². The number of ether oxygens (including phenoxy) is 2. The third-order valence-corrected chi connectivity index (χ3v) is 6.50. The molecule has 11 heteroatoms. The van der Waals surface area contributed by atoms with Crippen molar-refractivity contribution in [2.24, 2.45) is 5.92 Å². The Balaban J connectivity index is 1.24. The van der Waals surface area contributed by atoms with Crippen molar-refractivity contribution in [3.8, 4) is 5.75 Å². The predicted octanol–water partition coefficient (Wildman–Crippen LogP) is 4.47. The quantitative estimate of drug-likeness (QED) is 0.426. The summed E-state index contributed by atoms with van der Waals surface area (Å²) in [6, 6.07) is 11.3. The monoisotopic (exact) mass is 507 g/mol. The minimum Gasteiger partial charge on any atom is -0.474 e. The van der Waals surface area contributed by atoms with Crippen molar-refractivity contribution < 1.29 is 18.7 Å². The molecule has 37 heavy (non-hydrogen) atoms. The Hall–Kier alpha value is -3.99. The second-order valence-electron chi connectivity index (χ2n) is 9.68. The number of rotatable bonds is 7. The lowest BCUT2D eigenvalue weighted by Gasteiger charge is -2.33. The number of halogens is 1. The van der Waals surface area contributed by atoms with Crippen LogP contribution < -0.4 is 25.6 Å². The molecule has 0 bridgehead atoms. The molecule has 2 aromatic heterocycles. The second-order valence-corrected chi connectivity index (χ2v) is 9.68. The number of fused-ring (bicyclic) bond motifs is 1. The van der Waals surface area contributed by atoms with Crippen molar-refractivity contribution in [1.82, 2.24) is 15.0 Å². The number of carbonyl (C=O) groups is 1. The number of aromatic nitrogens is 3. The lowest BCUT2D eigenvalue weighted by molar-refractivity contribution is -0.129. The highest BCUT2D eigenvalue weighted by Gasteiger charge is 2.36. The minimum absolute atomic E-state index is 0.0520. The second kappa shape index (κ2) is 10.2. The van der Waals surface area contributed by atoms with E-state index in [9.17, 15) is 9.18 Å². The van der Waals surface area contributed by atoms with Crippen LogP contribution in [0.15, 0.2) is 42.6 Å². The van der Waals surface area contributed by atoms with Crippen LogP contribution in [0.25, 0.3) is 0 Å². The van der Waals surface area contributed by atoms with Crippen LogP contribution in [0, 0.1) is 11.7 Å². The van der Waals surface area contributed by atoms with Gasteiger partial charge in [-0.2, -0.15) is 4.98 Å². The lowest BCUT2D eigenvalue weighted by Crippen LogP contribution is -2.46. The molecule has 0 unspecified atom stereocenters. The Morgan fingerprint density at radius 1 is 1.14 bits per heavy atom. The van der Waals surface area contributed by atoms with Gasteiger partial charge in [0.05, 0.1) is 6.20 Å². The molecule has 2 aliphatic rings. The summed E-state index contributed by atoms with van der Waals surface area (Å²) in [5.41, 5.74) is 0.939. The highest BCUT2D eigenvalue weighted by atomic mass is 19.1. The smallest absolute Gasteiger partial charge is 0.269 e. The number of benzene rings is 1. The molecule has 3 N–H and O–H groups in total. The summed E-state index contributed by atoms with van der Waals surface area (Å²) in [5.74, 6) is 0.830. The summed E-state index contributed by atoms with van der Waals surface area (Å²) in [7, 11) is 1.75. The summed E-state index contributed by atoms with van der Waals surface area (Å²) in [6.07, 6.45) is 3.31. The molecule has 1 fully saturated rings. The zero-order valence-electron chi connectivity index (χ0n) is 21.0. The summed E-state index contributed by atoms with van der Waals surface area (Å²) < 4.78 is 25.5. The molecule has 10 nitrogen and oxygen atoms in total. The molecule has 0 saturated carbocycles. The number of pyridine rings is 1. The molecule has 0 atom stereocenters. The molecule has 1 saturated heterocycles. The fourth-order valence-electron chi connectivity index (χ4n) is 4.38. The molecule has 4 heterocycles. The van der Waals surface area contributed by atoms with Gasteiger partial charge in [0.25, 0.3) is 5.91 Å². The summed E-state index contributed by atoms with van der Waals surface area (Å²) in [6.45, 7) is 6.16. The van der Waals surface area contributed by atoms with E-state index in [0.717, 1.165) is 50.1 Å². The number of nitrogens with zero attached hydrogens (tertiary/aromatic N) is 4. The van der Waals surface area contributed by atoms with Crippen molar-refractivity contribution in [3.05, 3.63) is 48.4 Å². The Morgan fingerprint density at radius 2 is 1.89 bits per heavy atom. The molecule has 1 aromatic carbocycles. The minimum atomic E-state index is -0.998. The normalized spacial score (nSPS) is 17.0. The van der Waals surface area contributed by atoms with Gasteiger partial charge >= 0.3 is 0 Å². The first-order valence-electron chi connectivity index (χ1n) is 12.2. The maximum atomic E-state index is 14.5. The number of carbonyl (C=O) groups excluding carboxylic acids is 1. The zero-order chi connectivity index (χ0) is 26.0. The predicted molar refractivity (Wildman–Crippen MR) is 139 cm³/mol. The molecular formula is C26H30FN7O3. The SMILES string of the molecule is COCC1CCN(c2ccc(Nc3ncc(F)c(Nc4ccc5c(n4)NC(=O)C(C)(C)O5)n3)cc2)CC1. The van der Waals surface area contributed by atoms with Gasteiger partial charge < -0.3 is 30.3 Å². The van der Waals surface area contributed by atoms with E-state index in [2.05, 4.69) is 47.9 Å². The van der Waals surface area contributed by atoms with Gasteiger partial charge in [-0.15, -0.1) is 0 Å². The van der Waals surface area contributed by atoms with Crippen LogP contribution in [-0.4, -0.2) is 53.3 Å². The van der Waals surface area contributed by atoms with Crippen LogP contribution in [0.5, 0.6) is 5.75 Å². The maximum Gasteiger partial charge on any atom is 0.269 e. The van der Waals surface area contributed by atoms with E-state index in [4.69, 9.17) is 9.47 Å². The number of anilines is 6. The summed E-state index contributed by atoms with van der Waals surface area (Å²) in [4.78, 5) is 27.2. The number of hydrogen-bond acceptors (Lipinski definition) is 9. The van der Waals surface area contributed by atoms with E-state index < -0.39 is 11.4 Å². The van der Waals surface area contributed by atoms with E-state index in [-0.39, 0.29) is 23.5 Å². The van der Waals surface area contributed by atoms with Gasteiger partial charge in [0.2, 0.25) is 5.95 Å². The summed E-state index contributed by atoms with van der Waals surface area (Å²) >= 11 is 0. The zero-order valence-corrected chi connectivity index (χ0v) is 21.0. The van der Waals surface area contributed by atoms with Gasteiger partial charge in [0.15, 0.2) is 28.8 Å². The molecule has 1 amide bonds. The molecule has 3 aromatic rings. The number of nitrogens with one attached hydrogen (secondary N) is 3. The van der Waals surface area contributed by atoms with Gasteiger partial charge in [-0.3, -0.25) is 4.79 Å². The largest absolute Gasteiger partial charge is 0.474 e. The molecule has 0 aliphatic carbocycles. The van der Waals surface area contributed by atoms with Crippen molar-refractivity contribution >= 4 is 40.7 Å². The number of amides is 1. The van der Waals surface area contributed by atoms with E-state index in [1.807, 2.05) is 12.1 Å². The Bertz CT molecular complexity index is 1280. The van der Waals surface area contributed by atoms with Crippen molar-refractivity contribution in [2.45, 2.75) is 32.3 Å². The van der Waals surface area contributed by atoms with Crippen LogP contribution in [0.1, 0.15) is 26.7 Å². The maximum absolute atomic E-state index is 14.5. The lowest BCUT2D eigenvalue weighted by atomic mass is 9.97. The first-order chi connectivity index (χ1) is 17.8. The van der Waals surface area contributed by atoms with Crippen LogP contribution in [0.4, 0.5) is 39.2 Å². The first kappa shape index (κ1) is 24.7. The van der Waals surface area contributed by atoms with Crippen molar-refractivity contribution in [3.63, 3.8) is 0 Å². The number of methoxy groups -OCH3 is 1. The van der Waals surface area contributed by atoms with E-state index in [1.54, 1.807) is 33.1 Å². The molecule has 0 radical (unpaired) electrons. The topological polar surface area (TPSA) is 114 Å². The Morgan fingerprint density at radius 3 is 2.62 bits per heavy atom. The van der Waals surface area contributed by atoms with Crippen molar-refractivity contribution in [1.29, 1.82) is 0 Å². The van der Waals surface area contributed by atoms with Crippen LogP contribution in [0.2, 0.25) is 0 Å². The van der Waals surface area contributed by atoms with Crippen LogP contribution in [-0.2, 0) is 9.53 Å². The van der Waals surface area contributed by atoms with E-state index in [0.29, 0.717) is 17.5 Å². The standard InChI is InChI=1S/C26H30FN7O3/c1-26(2)24(35)32-23-20(37-26)8-9-21(31-23)30-22-19(27)14-28-25(33-22)29-17-4-6-18(7-5-17)34-12-10-16(11-13-34)15-36-3/h4-9,14,16H,10-13,15H2,1-3H3,(H3,28,29,30,31,32,33,35). The van der Waals surface area contributed by atoms with Crippen molar-refractivity contribution in [2.75, 3.05) is 47.7 Å². The highest BCUT2D eigenvalue weighted by Crippen LogP contribution is 2.33. The van der Waals surface area contributed by atoms with Crippen LogP contribution in [0.3, 0.4) is 0 Å². The number of piperidine rings is 1. The highest BCUT2D eigenvalue weighted by molar-refractivity contribution is 5.99. The summed E-state index contributed by atoms with van der Waals surface area (Å²) in [5, 5.41) is 8.67. The van der Waals surface area contributed by atoms with E-state index in [1.165, 1.54) is 0 Å². The Labute approximate surface area is 214 Å². The molecule has 194 valence electrons. The van der Waals surface area contributed by atoms with Gasteiger partial charge in [0.1, 0.15) is 5.82 Å². The third kappa shape index (κ3) is 5.56. The van der Waals surface area contributed by atoms with Gasteiger partial charge in [-0.25, -0.2) is 14.4 Å². The molecule has 5 rings (SSSR count). The van der Waals surface area contributed by atoms with E-state index >= 15 is 0 Å². The fourth-order valence-corrected chi connectivity index (χ4v) is 4.38. The average molecular weight is 508 g/mol. The average Bonchev–Trinajstić information content (AvgIpc) is 2.88. The molecule has 0 spiro atoms.